The summed E-state index contributed by atoms with van der Waals surface area (Å²) in [6, 6.07) is -0.599. The summed E-state index contributed by atoms with van der Waals surface area (Å²) in [4.78, 5) is 44.9. The van der Waals surface area contributed by atoms with E-state index < -0.39 is 22.6 Å². The molecule has 3 unspecified atom stereocenters. The molecule has 1 N–H and O–H groups in total. The van der Waals surface area contributed by atoms with E-state index in [4.69, 9.17) is 4.74 Å². The average Bonchev–Trinajstić information content (AvgIpc) is 3.43. The first kappa shape index (κ1) is 27.8. The lowest BCUT2D eigenvalue weighted by Gasteiger charge is -2.40. The maximum absolute atomic E-state index is 14.2. The van der Waals surface area contributed by atoms with E-state index in [1.807, 2.05) is 4.90 Å². The number of aliphatic hydroxyl groups excluding tert-OH is 1. The van der Waals surface area contributed by atoms with Crippen LogP contribution in [0.1, 0.15) is 58.8 Å². The van der Waals surface area contributed by atoms with Crippen LogP contribution in [-0.4, -0.2) is 81.6 Å². The second-order valence-electron chi connectivity index (χ2n) is 10.1. The van der Waals surface area contributed by atoms with E-state index in [0.29, 0.717) is 32.5 Å². The van der Waals surface area contributed by atoms with Crippen LogP contribution in [0.3, 0.4) is 0 Å². The number of carbonyl (C=O) groups excluding carboxylic acids is 3. The van der Waals surface area contributed by atoms with Gasteiger partial charge in [0.2, 0.25) is 11.8 Å². The molecule has 1 spiro atoms. The highest BCUT2D eigenvalue weighted by Crippen LogP contribution is 2.68. The molecule has 0 aromatic carbocycles. The Bertz CT molecular complexity index is 804. The smallest absolute Gasteiger partial charge is 0.311 e. The number of ether oxygens (including phenoxy) is 1. The SMILES string of the molecule is C=CCOC(=O)[C@@H]1[C@@H]2CC(C)C3(S2)C(C(=O)N(CC=C)CCCCC)N(CCCCCO)C(=O)[C@H]13. The first-order chi connectivity index (χ1) is 16.9. The molecule has 2 amide bonds. The minimum Gasteiger partial charge on any atom is -0.461 e. The zero-order chi connectivity index (χ0) is 25.6. The van der Waals surface area contributed by atoms with Gasteiger partial charge in [0.1, 0.15) is 12.6 Å². The summed E-state index contributed by atoms with van der Waals surface area (Å²) in [6.07, 6.45) is 9.24. The van der Waals surface area contributed by atoms with E-state index in [-0.39, 0.29) is 42.2 Å². The molecule has 0 aliphatic carbocycles. The fourth-order valence-corrected chi connectivity index (χ4v) is 8.69. The zero-order valence-corrected chi connectivity index (χ0v) is 22.1. The van der Waals surface area contributed by atoms with Gasteiger partial charge in [-0.25, -0.2) is 0 Å². The van der Waals surface area contributed by atoms with Crippen molar-refractivity contribution in [1.29, 1.82) is 0 Å². The number of hydrogen-bond acceptors (Lipinski definition) is 6. The number of amides is 2. The van der Waals surface area contributed by atoms with E-state index in [2.05, 4.69) is 27.0 Å². The largest absolute Gasteiger partial charge is 0.461 e. The fourth-order valence-electron chi connectivity index (χ4n) is 6.29. The highest BCUT2D eigenvalue weighted by molar-refractivity contribution is 8.02. The molecule has 3 rings (SSSR count). The van der Waals surface area contributed by atoms with Gasteiger partial charge in [0.05, 0.1) is 16.6 Å². The van der Waals surface area contributed by atoms with Crippen LogP contribution < -0.4 is 0 Å². The van der Waals surface area contributed by atoms with Crippen molar-refractivity contribution in [3.63, 3.8) is 0 Å². The predicted molar refractivity (Wildman–Crippen MR) is 139 cm³/mol. The Morgan fingerprint density at radius 2 is 2.00 bits per heavy atom. The summed E-state index contributed by atoms with van der Waals surface area (Å²) in [6.45, 7) is 13.5. The summed E-state index contributed by atoms with van der Waals surface area (Å²) < 4.78 is 4.81. The third-order valence-electron chi connectivity index (χ3n) is 7.84. The van der Waals surface area contributed by atoms with Gasteiger partial charge in [-0.15, -0.1) is 18.3 Å². The third kappa shape index (κ3) is 5.19. The Kier molecular flexibility index (Phi) is 9.87. The van der Waals surface area contributed by atoms with Crippen LogP contribution in [-0.2, 0) is 19.1 Å². The number of thioether (sulfide) groups is 1. The molecule has 3 heterocycles. The summed E-state index contributed by atoms with van der Waals surface area (Å²) in [5.41, 5.74) is 0. The van der Waals surface area contributed by atoms with Gasteiger partial charge in [0, 0.05) is 31.5 Å². The number of likely N-dealkylation sites (tertiary alicyclic amines) is 1. The Morgan fingerprint density at radius 1 is 1.23 bits per heavy atom. The van der Waals surface area contributed by atoms with Crippen molar-refractivity contribution >= 4 is 29.5 Å². The van der Waals surface area contributed by atoms with Crippen LogP contribution in [0.5, 0.6) is 0 Å². The van der Waals surface area contributed by atoms with Gasteiger partial charge in [-0.05, 0) is 38.0 Å². The van der Waals surface area contributed by atoms with Crippen molar-refractivity contribution in [3.05, 3.63) is 25.3 Å². The second kappa shape index (κ2) is 12.4. The summed E-state index contributed by atoms with van der Waals surface area (Å²) >= 11 is 1.68. The standard InChI is InChI=1S/C27H42N2O5S/c1-5-8-10-14-28(13-6-2)25(32)23-27-19(4)18-20(35-27)21(26(33)34-17-7-3)22(27)24(31)29(23)15-11-9-12-16-30/h6-7,19-23,30H,2-3,5,8-18H2,1,4H3/t19?,20-,21+,22-,23?,27?/m0/s1. The molecule has 3 aliphatic heterocycles. The van der Waals surface area contributed by atoms with Crippen molar-refractivity contribution < 1.29 is 24.2 Å². The topological polar surface area (TPSA) is 87.2 Å². The lowest BCUT2D eigenvalue weighted by atomic mass is 9.66. The highest BCUT2D eigenvalue weighted by atomic mass is 32.2. The number of hydrogen-bond donors (Lipinski definition) is 1. The Labute approximate surface area is 214 Å². The molecule has 0 radical (unpaired) electrons. The van der Waals surface area contributed by atoms with Crippen LogP contribution >= 0.6 is 11.8 Å². The number of rotatable bonds is 15. The maximum atomic E-state index is 14.2. The molecular weight excluding hydrogens is 464 g/mol. The van der Waals surface area contributed by atoms with Crippen molar-refractivity contribution in [2.75, 3.05) is 32.8 Å². The summed E-state index contributed by atoms with van der Waals surface area (Å²) in [5.74, 6) is -1.43. The van der Waals surface area contributed by atoms with Gasteiger partial charge in [0.15, 0.2) is 0 Å². The van der Waals surface area contributed by atoms with Gasteiger partial charge < -0.3 is 19.6 Å². The molecule has 2 bridgehead atoms. The Hall–Kier alpha value is -1.80. The third-order valence-corrected chi connectivity index (χ3v) is 9.92. The van der Waals surface area contributed by atoms with Gasteiger partial charge >= 0.3 is 5.97 Å². The van der Waals surface area contributed by atoms with Crippen molar-refractivity contribution in [3.8, 4) is 0 Å². The number of unbranched alkanes of at least 4 members (excludes halogenated alkanes) is 4. The van der Waals surface area contributed by atoms with Crippen molar-refractivity contribution in [2.45, 2.75) is 74.8 Å². The van der Waals surface area contributed by atoms with E-state index >= 15 is 0 Å². The van der Waals surface area contributed by atoms with Crippen LogP contribution in [0.15, 0.2) is 25.3 Å². The van der Waals surface area contributed by atoms with Crippen LogP contribution in [0, 0.1) is 17.8 Å². The molecule has 7 nitrogen and oxygen atoms in total. The molecule has 196 valence electrons. The molecule has 3 fully saturated rings. The quantitative estimate of drug-likeness (QED) is 0.208. The maximum Gasteiger partial charge on any atom is 0.311 e. The predicted octanol–water partition coefficient (Wildman–Crippen LogP) is 3.42. The zero-order valence-electron chi connectivity index (χ0n) is 21.3. The molecule has 3 aliphatic rings. The number of carbonyl (C=O) groups is 3. The van der Waals surface area contributed by atoms with Gasteiger partial charge in [-0.2, -0.15) is 0 Å². The van der Waals surface area contributed by atoms with Crippen LogP contribution in [0.4, 0.5) is 0 Å². The molecule has 35 heavy (non-hydrogen) atoms. The molecule has 0 saturated carbocycles. The summed E-state index contributed by atoms with van der Waals surface area (Å²) in [7, 11) is 0. The molecule has 0 aromatic rings. The summed E-state index contributed by atoms with van der Waals surface area (Å²) in [5, 5.41) is 9.17. The number of esters is 1. The molecule has 3 saturated heterocycles. The number of aliphatic hydroxyl groups is 1. The monoisotopic (exact) mass is 506 g/mol. The number of nitrogens with zero attached hydrogens (tertiary/aromatic N) is 2. The highest BCUT2D eigenvalue weighted by Gasteiger charge is 2.76. The minimum atomic E-state index is -0.627. The van der Waals surface area contributed by atoms with E-state index in [9.17, 15) is 19.5 Å². The van der Waals surface area contributed by atoms with Gasteiger partial charge in [-0.1, -0.05) is 45.4 Å². The van der Waals surface area contributed by atoms with Crippen LogP contribution in [0.2, 0.25) is 0 Å². The molecule has 0 aromatic heterocycles. The second-order valence-corrected chi connectivity index (χ2v) is 11.6. The van der Waals surface area contributed by atoms with Gasteiger partial charge in [0.25, 0.3) is 0 Å². The normalized spacial score (nSPS) is 30.9. The molecule has 6 atom stereocenters. The van der Waals surface area contributed by atoms with Crippen LogP contribution in [0.25, 0.3) is 0 Å². The van der Waals surface area contributed by atoms with E-state index in [1.54, 1.807) is 22.7 Å². The van der Waals surface area contributed by atoms with Crippen molar-refractivity contribution in [2.24, 2.45) is 17.8 Å². The molecular formula is C27H42N2O5S. The lowest BCUT2D eigenvalue weighted by molar-refractivity contribution is -0.153. The van der Waals surface area contributed by atoms with Gasteiger partial charge in [-0.3, -0.25) is 14.4 Å². The molecule has 8 heteroatoms. The van der Waals surface area contributed by atoms with E-state index in [0.717, 1.165) is 32.1 Å². The number of fused-ring (bicyclic) bond motifs is 1. The Balaban J connectivity index is 1.97. The van der Waals surface area contributed by atoms with Crippen molar-refractivity contribution in [1.82, 2.24) is 9.80 Å². The first-order valence-corrected chi connectivity index (χ1v) is 14.0. The fraction of sp³-hybridized carbons (Fsp3) is 0.741. The van der Waals surface area contributed by atoms with E-state index in [1.165, 1.54) is 6.08 Å². The first-order valence-electron chi connectivity index (χ1n) is 13.1. The Morgan fingerprint density at radius 3 is 2.66 bits per heavy atom. The lowest BCUT2D eigenvalue weighted by Crippen LogP contribution is -2.57. The average molecular weight is 507 g/mol. The minimum absolute atomic E-state index is 0.0175.